The molecule has 0 aliphatic heterocycles. The molecule has 0 saturated carbocycles. The Labute approximate surface area is 49.7 Å². The van der Waals surface area contributed by atoms with E-state index in [9.17, 15) is 0 Å². The van der Waals surface area contributed by atoms with Crippen LogP contribution in [0.3, 0.4) is 0 Å². The number of hydrogen-bond donors (Lipinski definition) is 0. The van der Waals surface area contributed by atoms with Crippen molar-refractivity contribution in [2.24, 2.45) is 9.98 Å². The molecule has 0 fully saturated rings. The van der Waals surface area contributed by atoms with Gasteiger partial charge in [-0.3, -0.25) is 4.99 Å². The fourth-order valence-electron chi connectivity index (χ4n) is 0.202. The van der Waals surface area contributed by atoms with Gasteiger partial charge in [0, 0.05) is 12.8 Å². The largest absolute Gasteiger partial charge is 0.277 e. The SMILES string of the molecule is C=CC(C)=NC=NC. The molecule has 2 heteroatoms. The predicted molar refractivity (Wildman–Crippen MR) is 37.7 cm³/mol. The molecule has 0 amide bonds. The van der Waals surface area contributed by atoms with Crippen LogP contribution >= 0.6 is 0 Å². The summed E-state index contributed by atoms with van der Waals surface area (Å²) in [5, 5.41) is 0. The van der Waals surface area contributed by atoms with Crippen LogP contribution in [0.1, 0.15) is 6.92 Å². The molecule has 0 heterocycles. The molecule has 0 rings (SSSR count). The molecule has 0 radical (unpaired) electrons. The van der Waals surface area contributed by atoms with Crippen LogP contribution in [0, 0.1) is 0 Å². The highest BCUT2D eigenvalue weighted by atomic mass is 14.8. The van der Waals surface area contributed by atoms with E-state index in [0.29, 0.717) is 0 Å². The number of allylic oxidation sites excluding steroid dienone is 1. The molecular formula is C6H10N2. The molecule has 44 valence electrons. The summed E-state index contributed by atoms with van der Waals surface area (Å²) in [7, 11) is 1.68. The Balaban J connectivity index is 3.74. The Morgan fingerprint density at radius 2 is 2.25 bits per heavy atom. The van der Waals surface area contributed by atoms with E-state index in [1.807, 2.05) is 6.92 Å². The average molecular weight is 110 g/mol. The maximum atomic E-state index is 3.87. The molecule has 0 atom stereocenters. The summed E-state index contributed by atoms with van der Waals surface area (Å²) in [6.07, 6.45) is 3.18. The van der Waals surface area contributed by atoms with Gasteiger partial charge in [-0.1, -0.05) is 6.58 Å². The molecule has 0 aromatic carbocycles. The molecule has 0 N–H and O–H groups in total. The summed E-state index contributed by atoms with van der Waals surface area (Å²) in [6, 6.07) is 0. The third kappa shape index (κ3) is 3.28. The quantitative estimate of drug-likeness (QED) is 0.378. The van der Waals surface area contributed by atoms with E-state index in [2.05, 4.69) is 16.6 Å². The topological polar surface area (TPSA) is 24.7 Å². The van der Waals surface area contributed by atoms with Crippen molar-refractivity contribution < 1.29 is 0 Å². The Kier molecular flexibility index (Phi) is 3.76. The van der Waals surface area contributed by atoms with Gasteiger partial charge in [-0.2, -0.15) is 0 Å². The molecule has 0 aliphatic rings. The molecule has 0 spiro atoms. The second-order valence-electron chi connectivity index (χ2n) is 1.35. The van der Waals surface area contributed by atoms with Crippen LogP contribution in [-0.2, 0) is 0 Å². The lowest BCUT2D eigenvalue weighted by Gasteiger charge is -1.80. The van der Waals surface area contributed by atoms with Crippen LogP contribution in [0.2, 0.25) is 0 Å². The first-order valence-corrected chi connectivity index (χ1v) is 2.38. The van der Waals surface area contributed by atoms with Crippen molar-refractivity contribution in [3.63, 3.8) is 0 Å². The lowest BCUT2D eigenvalue weighted by Crippen LogP contribution is -1.81. The second kappa shape index (κ2) is 4.24. The summed E-state index contributed by atoms with van der Waals surface area (Å²) in [6.45, 7) is 5.39. The Hall–Kier alpha value is -0.920. The van der Waals surface area contributed by atoms with Gasteiger partial charge in [-0.15, -0.1) is 0 Å². The van der Waals surface area contributed by atoms with E-state index in [4.69, 9.17) is 0 Å². The van der Waals surface area contributed by atoms with Gasteiger partial charge >= 0.3 is 0 Å². The lowest BCUT2D eigenvalue weighted by molar-refractivity contribution is 1.44. The molecule has 2 nitrogen and oxygen atoms in total. The molecule has 0 bridgehead atoms. The van der Waals surface area contributed by atoms with Gasteiger partial charge in [0.15, 0.2) is 0 Å². The zero-order valence-electron chi connectivity index (χ0n) is 5.26. The van der Waals surface area contributed by atoms with Crippen molar-refractivity contribution in [2.45, 2.75) is 6.92 Å². The third-order valence-corrected chi connectivity index (χ3v) is 0.672. The number of hydrogen-bond acceptors (Lipinski definition) is 1. The van der Waals surface area contributed by atoms with Gasteiger partial charge in [0.2, 0.25) is 0 Å². The van der Waals surface area contributed by atoms with Crippen LogP contribution in [0.15, 0.2) is 22.6 Å². The van der Waals surface area contributed by atoms with Crippen LogP contribution < -0.4 is 0 Å². The molecular weight excluding hydrogens is 100 g/mol. The van der Waals surface area contributed by atoms with E-state index in [1.165, 1.54) is 6.34 Å². The normalized spacial score (nSPS) is 12.5. The van der Waals surface area contributed by atoms with Gasteiger partial charge in [-0.25, -0.2) is 4.99 Å². The third-order valence-electron chi connectivity index (χ3n) is 0.672. The van der Waals surface area contributed by atoms with E-state index in [1.54, 1.807) is 13.1 Å². The number of rotatable bonds is 2. The van der Waals surface area contributed by atoms with Crippen molar-refractivity contribution in [2.75, 3.05) is 7.05 Å². The van der Waals surface area contributed by atoms with Crippen molar-refractivity contribution in [1.82, 2.24) is 0 Å². The van der Waals surface area contributed by atoms with Crippen molar-refractivity contribution in [3.05, 3.63) is 12.7 Å². The summed E-state index contributed by atoms with van der Waals surface area (Å²) in [5.41, 5.74) is 0.885. The minimum absolute atomic E-state index is 0.885. The number of nitrogens with zero attached hydrogens (tertiary/aromatic N) is 2. The van der Waals surface area contributed by atoms with Crippen LogP contribution in [0.25, 0.3) is 0 Å². The maximum absolute atomic E-state index is 3.87. The zero-order chi connectivity index (χ0) is 6.41. The summed E-state index contributed by atoms with van der Waals surface area (Å²) in [5.74, 6) is 0. The van der Waals surface area contributed by atoms with Gasteiger partial charge in [0.1, 0.15) is 6.34 Å². The first kappa shape index (κ1) is 7.08. The predicted octanol–water partition coefficient (Wildman–Crippen LogP) is 1.29. The standard InChI is InChI=1S/C6H10N2/c1-4-6(2)8-5-7-3/h4-5H,1H2,2-3H3. The van der Waals surface area contributed by atoms with Crippen LogP contribution in [0.4, 0.5) is 0 Å². The van der Waals surface area contributed by atoms with E-state index in [-0.39, 0.29) is 0 Å². The van der Waals surface area contributed by atoms with Crippen molar-refractivity contribution in [3.8, 4) is 0 Å². The van der Waals surface area contributed by atoms with Crippen molar-refractivity contribution in [1.29, 1.82) is 0 Å². The van der Waals surface area contributed by atoms with E-state index in [0.717, 1.165) is 5.71 Å². The summed E-state index contributed by atoms with van der Waals surface area (Å²) >= 11 is 0. The van der Waals surface area contributed by atoms with Crippen LogP contribution in [0.5, 0.6) is 0 Å². The highest BCUT2D eigenvalue weighted by molar-refractivity contribution is 5.96. The molecule has 0 unspecified atom stereocenters. The van der Waals surface area contributed by atoms with E-state index >= 15 is 0 Å². The van der Waals surface area contributed by atoms with Crippen LogP contribution in [-0.4, -0.2) is 19.1 Å². The first-order chi connectivity index (χ1) is 3.81. The van der Waals surface area contributed by atoms with Gasteiger partial charge < -0.3 is 0 Å². The monoisotopic (exact) mass is 110 g/mol. The van der Waals surface area contributed by atoms with E-state index < -0.39 is 0 Å². The van der Waals surface area contributed by atoms with Gasteiger partial charge in [0.25, 0.3) is 0 Å². The number of aliphatic imine (C=N–C) groups is 2. The molecule has 0 saturated heterocycles. The highest BCUT2D eigenvalue weighted by Crippen LogP contribution is 1.73. The first-order valence-electron chi connectivity index (χ1n) is 2.38. The Morgan fingerprint density at radius 1 is 1.62 bits per heavy atom. The minimum Gasteiger partial charge on any atom is -0.277 e. The molecule has 0 aromatic rings. The Morgan fingerprint density at radius 3 is 2.62 bits per heavy atom. The average Bonchev–Trinajstić information content (AvgIpc) is 1.83. The zero-order valence-corrected chi connectivity index (χ0v) is 5.26. The fraction of sp³-hybridized carbons (Fsp3) is 0.333. The Bertz CT molecular complexity index is 122. The maximum Gasteiger partial charge on any atom is 0.109 e. The highest BCUT2D eigenvalue weighted by Gasteiger charge is 1.72. The smallest absolute Gasteiger partial charge is 0.109 e. The molecule has 0 aliphatic carbocycles. The fourth-order valence-corrected chi connectivity index (χ4v) is 0.202. The minimum atomic E-state index is 0.885. The molecule has 8 heavy (non-hydrogen) atoms. The second-order valence-corrected chi connectivity index (χ2v) is 1.35. The summed E-state index contributed by atoms with van der Waals surface area (Å²) < 4.78 is 0. The lowest BCUT2D eigenvalue weighted by atomic mass is 10.4. The molecule has 0 aromatic heterocycles. The van der Waals surface area contributed by atoms with Gasteiger partial charge in [-0.05, 0) is 13.0 Å². The van der Waals surface area contributed by atoms with Gasteiger partial charge in [0.05, 0.1) is 0 Å². The van der Waals surface area contributed by atoms with Crippen molar-refractivity contribution >= 4 is 12.1 Å². The summed E-state index contributed by atoms with van der Waals surface area (Å²) in [4.78, 5) is 7.53.